The maximum atomic E-state index is 11.8. The molecule has 2 amide bonds. The maximum Gasteiger partial charge on any atom is 0.339 e. The van der Waals surface area contributed by atoms with E-state index >= 15 is 0 Å². The van der Waals surface area contributed by atoms with Gasteiger partial charge in [0.2, 0.25) is 11.8 Å². The first-order chi connectivity index (χ1) is 11.0. The van der Waals surface area contributed by atoms with E-state index in [2.05, 4.69) is 10.6 Å². The lowest BCUT2D eigenvalue weighted by molar-refractivity contribution is -0.117. The van der Waals surface area contributed by atoms with Gasteiger partial charge in [-0.3, -0.25) is 9.59 Å². The lowest BCUT2D eigenvalue weighted by atomic mass is 10.1. The van der Waals surface area contributed by atoms with Crippen LogP contribution in [0, 0.1) is 0 Å². The molecule has 0 aliphatic rings. The zero-order chi connectivity index (χ0) is 17.2. The Hall–Kier alpha value is -2.37. The van der Waals surface area contributed by atoms with E-state index in [9.17, 15) is 19.5 Å². The molecule has 126 valence electrons. The molecule has 3 N–H and O–H groups in total. The Morgan fingerprint density at radius 2 is 1.35 bits per heavy atom. The number of carboxylic acid groups (broad SMARTS) is 1. The summed E-state index contributed by atoms with van der Waals surface area (Å²) in [6.07, 6.45) is 3.91. The second-order valence-electron chi connectivity index (χ2n) is 5.34. The van der Waals surface area contributed by atoms with E-state index in [1.807, 2.05) is 13.8 Å². The number of unbranched alkanes of at least 4 members (excludes halogenated alkanes) is 2. The van der Waals surface area contributed by atoms with E-state index in [0.717, 1.165) is 25.7 Å². The topological polar surface area (TPSA) is 95.5 Å². The van der Waals surface area contributed by atoms with E-state index in [0.29, 0.717) is 12.8 Å². The predicted octanol–water partition coefficient (Wildman–Crippen LogP) is 3.64. The SMILES string of the molecule is CCCCC(=O)Nc1cccc(NC(=O)CCCC)c1C(=O)O. The van der Waals surface area contributed by atoms with E-state index in [1.165, 1.54) is 12.1 Å². The number of amides is 2. The molecule has 0 bridgehead atoms. The third-order valence-electron chi connectivity index (χ3n) is 3.34. The van der Waals surface area contributed by atoms with E-state index in [1.54, 1.807) is 6.07 Å². The number of hydrogen-bond acceptors (Lipinski definition) is 3. The van der Waals surface area contributed by atoms with Crippen LogP contribution in [0.3, 0.4) is 0 Å². The molecule has 0 aromatic heterocycles. The third-order valence-corrected chi connectivity index (χ3v) is 3.34. The summed E-state index contributed by atoms with van der Waals surface area (Å²) in [7, 11) is 0. The van der Waals surface area contributed by atoms with Crippen LogP contribution < -0.4 is 10.6 Å². The number of hydrogen-bond donors (Lipinski definition) is 3. The molecule has 0 saturated heterocycles. The predicted molar refractivity (Wildman–Crippen MR) is 89.7 cm³/mol. The van der Waals surface area contributed by atoms with Crippen molar-refractivity contribution in [2.75, 3.05) is 10.6 Å². The highest BCUT2D eigenvalue weighted by Gasteiger charge is 2.18. The van der Waals surface area contributed by atoms with Crippen molar-refractivity contribution < 1.29 is 19.5 Å². The van der Waals surface area contributed by atoms with Crippen molar-refractivity contribution in [1.29, 1.82) is 0 Å². The van der Waals surface area contributed by atoms with Crippen LogP contribution in [0.4, 0.5) is 11.4 Å². The number of nitrogens with one attached hydrogen (secondary N) is 2. The number of benzene rings is 1. The molecule has 1 rings (SSSR count). The van der Waals surface area contributed by atoms with Crippen LogP contribution in [-0.2, 0) is 9.59 Å². The highest BCUT2D eigenvalue weighted by atomic mass is 16.4. The largest absolute Gasteiger partial charge is 0.478 e. The number of rotatable bonds is 9. The average Bonchev–Trinajstić information content (AvgIpc) is 2.50. The molecular weight excluding hydrogens is 296 g/mol. The normalized spacial score (nSPS) is 10.2. The van der Waals surface area contributed by atoms with Crippen LogP contribution in [0.15, 0.2) is 18.2 Å². The lowest BCUT2D eigenvalue weighted by Crippen LogP contribution is -2.18. The van der Waals surface area contributed by atoms with Crippen LogP contribution in [-0.4, -0.2) is 22.9 Å². The molecule has 0 radical (unpaired) electrons. The summed E-state index contributed by atoms with van der Waals surface area (Å²) >= 11 is 0. The monoisotopic (exact) mass is 320 g/mol. The maximum absolute atomic E-state index is 11.8. The standard InChI is InChI=1S/C17H24N2O4/c1-3-5-10-14(20)18-12-8-7-9-13(16(12)17(22)23)19-15(21)11-6-4-2/h7-9H,3-6,10-11H2,1-2H3,(H,18,20)(H,19,21)(H,22,23). The summed E-state index contributed by atoms with van der Waals surface area (Å²) in [5, 5.41) is 14.6. The quantitative estimate of drug-likeness (QED) is 0.647. The van der Waals surface area contributed by atoms with Gasteiger partial charge >= 0.3 is 5.97 Å². The van der Waals surface area contributed by atoms with E-state index in [4.69, 9.17) is 0 Å². The minimum Gasteiger partial charge on any atom is -0.478 e. The molecule has 1 aromatic rings. The van der Waals surface area contributed by atoms with Crippen molar-refractivity contribution in [2.45, 2.75) is 52.4 Å². The molecule has 0 saturated carbocycles. The number of carboxylic acids is 1. The zero-order valence-electron chi connectivity index (χ0n) is 13.6. The van der Waals surface area contributed by atoms with Crippen LogP contribution >= 0.6 is 0 Å². The second kappa shape index (κ2) is 9.61. The van der Waals surface area contributed by atoms with Crippen molar-refractivity contribution in [3.05, 3.63) is 23.8 Å². The summed E-state index contributed by atoms with van der Waals surface area (Å²) in [5.41, 5.74) is 0.306. The summed E-state index contributed by atoms with van der Waals surface area (Å²) in [6.45, 7) is 3.95. The number of carbonyl (C=O) groups is 3. The van der Waals surface area contributed by atoms with Crippen molar-refractivity contribution in [2.24, 2.45) is 0 Å². The minimum absolute atomic E-state index is 0.0952. The van der Waals surface area contributed by atoms with Gasteiger partial charge in [0.25, 0.3) is 0 Å². The highest BCUT2D eigenvalue weighted by Crippen LogP contribution is 2.25. The second-order valence-corrected chi connectivity index (χ2v) is 5.34. The molecular formula is C17H24N2O4. The summed E-state index contributed by atoms with van der Waals surface area (Å²) < 4.78 is 0. The molecule has 0 heterocycles. The molecule has 0 aliphatic heterocycles. The van der Waals surface area contributed by atoms with Gasteiger partial charge in [-0.25, -0.2) is 4.79 Å². The Kier molecular flexibility index (Phi) is 7.80. The van der Waals surface area contributed by atoms with Gasteiger partial charge in [-0.2, -0.15) is 0 Å². The van der Waals surface area contributed by atoms with Crippen molar-refractivity contribution >= 4 is 29.2 Å². The van der Waals surface area contributed by atoms with Gasteiger partial charge in [-0.15, -0.1) is 0 Å². The van der Waals surface area contributed by atoms with E-state index in [-0.39, 0.29) is 28.8 Å². The van der Waals surface area contributed by atoms with E-state index < -0.39 is 5.97 Å². The molecule has 6 heteroatoms. The molecule has 0 unspecified atom stereocenters. The number of aromatic carboxylic acids is 1. The molecule has 1 aromatic carbocycles. The highest BCUT2D eigenvalue weighted by molar-refractivity contribution is 6.07. The van der Waals surface area contributed by atoms with Gasteiger partial charge in [0.1, 0.15) is 5.56 Å². The summed E-state index contributed by atoms with van der Waals surface area (Å²) in [4.78, 5) is 35.2. The zero-order valence-corrected chi connectivity index (χ0v) is 13.6. The van der Waals surface area contributed by atoms with Crippen molar-refractivity contribution in [3.63, 3.8) is 0 Å². The van der Waals surface area contributed by atoms with Crippen LogP contribution in [0.2, 0.25) is 0 Å². The Morgan fingerprint density at radius 3 is 1.70 bits per heavy atom. The van der Waals surface area contributed by atoms with Crippen molar-refractivity contribution in [1.82, 2.24) is 0 Å². The molecule has 23 heavy (non-hydrogen) atoms. The first-order valence-corrected chi connectivity index (χ1v) is 7.95. The lowest BCUT2D eigenvalue weighted by Gasteiger charge is -2.13. The Bertz CT molecular complexity index is 529. The first kappa shape index (κ1) is 18.7. The first-order valence-electron chi connectivity index (χ1n) is 7.95. The van der Waals surface area contributed by atoms with Crippen molar-refractivity contribution in [3.8, 4) is 0 Å². The molecule has 0 spiro atoms. The molecule has 0 aliphatic carbocycles. The van der Waals surface area contributed by atoms with Crippen LogP contribution in [0.5, 0.6) is 0 Å². The Balaban J connectivity index is 2.95. The fourth-order valence-corrected chi connectivity index (χ4v) is 2.09. The molecule has 0 atom stereocenters. The van der Waals surface area contributed by atoms with Gasteiger partial charge in [0.15, 0.2) is 0 Å². The Morgan fingerprint density at radius 1 is 0.913 bits per heavy atom. The number of carbonyl (C=O) groups excluding carboxylic acids is 2. The van der Waals surface area contributed by atoms with Gasteiger partial charge in [-0.05, 0) is 25.0 Å². The fourth-order valence-electron chi connectivity index (χ4n) is 2.09. The van der Waals surface area contributed by atoms with Gasteiger partial charge < -0.3 is 15.7 Å². The summed E-state index contributed by atoms with van der Waals surface area (Å²) in [5.74, 6) is -1.66. The average molecular weight is 320 g/mol. The smallest absolute Gasteiger partial charge is 0.339 e. The summed E-state index contributed by atoms with van der Waals surface area (Å²) in [6, 6.07) is 4.65. The van der Waals surface area contributed by atoms with Crippen LogP contribution in [0.1, 0.15) is 62.7 Å². The Labute approximate surface area is 136 Å². The van der Waals surface area contributed by atoms with Gasteiger partial charge in [0.05, 0.1) is 11.4 Å². The number of anilines is 2. The molecule has 0 fully saturated rings. The fraction of sp³-hybridized carbons (Fsp3) is 0.471. The third kappa shape index (κ3) is 6.10. The minimum atomic E-state index is -1.19. The van der Waals surface area contributed by atoms with Crippen LogP contribution in [0.25, 0.3) is 0 Å². The molecule has 6 nitrogen and oxygen atoms in total. The van der Waals surface area contributed by atoms with Gasteiger partial charge in [-0.1, -0.05) is 32.8 Å². The van der Waals surface area contributed by atoms with Gasteiger partial charge in [0, 0.05) is 12.8 Å².